The number of rotatable bonds is 1. The third-order valence-corrected chi connectivity index (χ3v) is 4.62. The first-order valence-electron chi connectivity index (χ1n) is 7.84. The molecule has 2 aromatic rings. The van der Waals surface area contributed by atoms with Gasteiger partial charge in [-0.25, -0.2) is 0 Å². The quantitative estimate of drug-likeness (QED) is 0.877. The number of fused-ring (bicyclic) bond motifs is 2. The number of aromatic amines is 1. The lowest BCUT2D eigenvalue weighted by atomic mass is 9.93. The third kappa shape index (κ3) is 2.20. The van der Waals surface area contributed by atoms with Crippen LogP contribution in [0.4, 0.5) is 5.69 Å². The van der Waals surface area contributed by atoms with Crippen LogP contribution in [0.15, 0.2) is 35.1 Å². The molecule has 0 fully saturated rings. The van der Waals surface area contributed by atoms with E-state index in [1.165, 1.54) is 6.07 Å². The van der Waals surface area contributed by atoms with Gasteiger partial charge in [-0.3, -0.25) is 14.4 Å². The van der Waals surface area contributed by atoms with Crippen LogP contribution in [0.5, 0.6) is 0 Å². The van der Waals surface area contributed by atoms with E-state index in [1.807, 2.05) is 24.3 Å². The van der Waals surface area contributed by atoms with Crippen molar-refractivity contribution in [1.82, 2.24) is 4.98 Å². The molecule has 1 amide bonds. The van der Waals surface area contributed by atoms with E-state index in [9.17, 15) is 14.4 Å². The summed E-state index contributed by atoms with van der Waals surface area (Å²) in [6.07, 6.45) is 2.68. The number of hydrogen-bond acceptors (Lipinski definition) is 3. The van der Waals surface area contributed by atoms with Gasteiger partial charge in [-0.15, -0.1) is 0 Å². The summed E-state index contributed by atoms with van der Waals surface area (Å²) in [6.45, 7) is 0.558. The molecule has 0 radical (unpaired) electrons. The Morgan fingerprint density at radius 2 is 1.91 bits per heavy atom. The maximum absolute atomic E-state index is 12.8. The van der Waals surface area contributed by atoms with Crippen LogP contribution in [-0.2, 0) is 12.8 Å². The van der Waals surface area contributed by atoms with Gasteiger partial charge < -0.3 is 9.88 Å². The molecular formula is C18H16N2O3. The van der Waals surface area contributed by atoms with Crippen molar-refractivity contribution in [3.05, 3.63) is 63.1 Å². The van der Waals surface area contributed by atoms with Crippen molar-refractivity contribution >= 4 is 17.4 Å². The standard InChI is InChI=1S/C18H16N2O3/c21-16-7-3-5-14-12(16)10-13(17(22)19-14)18(23)20-9-8-11-4-1-2-6-15(11)20/h1-2,4,6,10H,3,5,7-9H2,(H,19,22). The summed E-state index contributed by atoms with van der Waals surface area (Å²) < 4.78 is 0. The van der Waals surface area contributed by atoms with Crippen molar-refractivity contribution in [2.75, 3.05) is 11.4 Å². The predicted octanol–water partition coefficient (Wildman–Crippen LogP) is 2.10. The first-order chi connectivity index (χ1) is 11.1. The number of H-pyrrole nitrogens is 1. The van der Waals surface area contributed by atoms with Gasteiger partial charge in [0.05, 0.1) is 0 Å². The normalized spacial score (nSPS) is 16.2. The first-order valence-corrected chi connectivity index (χ1v) is 7.84. The summed E-state index contributed by atoms with van der Waals surface area (Å²) in [5, 5.41) is 0. The van der Waals surface area contributed by atoms with Crippen molar-refractivity contribution in [3.8, 4) is 0 Å². The molecule has 0 spiro atoms. The Balaban J connectivity index is 1.77. The van der Waals surface area contributed by atoms with E-state index in [0.717, 1.165) is 24.1 Å². The number of nitrogens with one attached hydrogen (secondary N) is 1. The number of ketones is 1. The topological polar surface area (TPSA) is 70.2 Å². The van der Waals surface area contributed by atoms with E-state index in [0.29, 0.717) is 30.6 Å². The fourth-order valence-electron chi connectivity index (χ4n) is 3.43. The minimum absolute atomic E-state index is 0.00151. The molecule has 0 bridgehead atoms. The van der Waals surface area contributed by atoms with Crippen molar-refractivity contribution < 1.29 is 9.59 Å². The number of anilines is 1. The molecule has 4 rings (SSSR count). The van der Waals surface area contributed by atoms with E-state index in [2.05, 4.69) is 4.98 Å². The van der Waals surface area contributed by atoms with Crippen LogP contribution in [0.1, 0.15) is 44.8 Å². The van der Waals surface area contributed by atoms with Gasteiger partial charge in [-0.05, 0) is 37.0 Å². The predicted molar refractivity (Wildman–Crippen MR) is 86.2 cm³/mol. The van der Waals surface area contributed by atoms with Gasteiger partial charge in [0.2, 0.25) is 0 Å². The third-order valence-electron chi connectivity index (χ3n) is 4.62. The monoisotopic (exact) mass is 308 g/mol. The van der Waals surface area contributed by atoms with E-state index in [4.69, 9.17) is 0 Å². The Labute approximate surface area is 132 Å². The summed E-state index contributed by atoms with van der Waals surface area (Å²) >= 11 is 0. The number of nitrogens with zero attached hydrogens (tertiary/aromatic N) is 1. The van der Waals surface area contributed by atoms with Gasteiger partial charge in [-0.1, -0.05) is 18.2 Å². The van der Waals surface area contributed by atoms with Gasteiger partial charge >= 0.3 is 0 Å². The molecule has 2 aliphatic rings. The van der Waals surface area contributed by atoms with Crippen LogP contribution < -0.4 is 10.5 Å². The van der Waals surface area contributed by atoms with Crippen LogP contribution in [0, 0.1) is 0 Å². The highest BCUT2D eigenvalue weighted by atomic mass is 16.2. The number of hydrogen-bond donors (Lipinski definition) is 1. The lowest BCUT2D eigenvalue weighted by molar-refractivity contribution is 0.0971. The van der Waals surface area contributed by atoms with Gasteiger partial charge in [0.25, 0.3) is 11.5 Å². The zero-order valence-corrected chi connectivity index (χ0v) is 12.6. The van der Waals surface area contributed by atoms with E-state index < -0.39 is 5.56 Å². The number of benzene rings is 1. The molecule has 0 atom stereocenters. The highest BCUT2D eigenvalue weighted by molar-refractivity contribution is 6.08. The summed E-state index contributed by atoms with van der Waals surface area (Å²) in [5.74, 6) is -0.337. The molecule has 1 aromatic heterocycles. The Morgan fingerprint density at radius 3 is 2.78 bits per heavy atom. The minimum atomic E-state index is -0.409. The maximum atomic E-state index is 12.8. The summed E-state index contributed by atoms with van der Waals surface area (Å²) in [6, 6.07) is 9.18. The average molecular weight is 308 g/mol. The Hall–Kier alpha value is -2.69. The molecule has 1 N–H and O–H groups in total. The van der Waals surface area contributed by atoms with Crippen LogP contribution in [0.2, 0.25) is 0 Å². The molecule has 116 valence electrons. The number of carbonyl (C=O) groups excluding carboxylic acids is 2. The highest BCUT2D eigenvalue weighted by Crippen LogP contribution is 2.29. The van der Waals surface area contributed by atoms with Crippen LogP contribution in [0.3, 0.4) is 0 Å². The number of pyridine rings is 1. The molecule has 0 saturated carbocycles. The average Bonchev–Trinajstić information content (AvgIpc) is 2.98. The summed E-state index contributed by atoms with van der Waals surface area (Å²) in [7, 11) is 0. The second-order valence-corrected chi connectivity index (χ2v) is 6.02. The first kappa shape index (κ1) is 13.9. The molecule has 5 heteroatoms. The SMILES string of the molecule is O=C1CCCc2[nH]c(=O)c(C(=O)N3CCc4ccccc43)cc21. The van der Waals surface area contributed by atoms with Crippen LogP contribution in [0.25, 0.3) is 0 Å². The van der Waals surface area contributed by atoms with E-state index >= 15 is 0 Å². The fourth-order valence-corrected chi connectivity index (χ4v) is 3.43. The molecule has 1 aliphatic carbocycles. The largest absolute Gasteiger partial charge is 0.325 e. The molecule has 1 aliphatic heterocycles. The highest BCUT2D eigenvalue weighted by Gasteiger charge is 2.29. The zero-order valence-electron chi connectivity index (χ0n) is 12.6. The fraction of sp³-hybridized carbons (Fsp3) is 0.278. The molecule has 1 aromatic carbocycles. The van der Waals surface area contributed by atoms with Crippen molar-refractivity contribution in [2.45, 2.75) is 25.7 Å². The molecule has 5 nitrogen and oxygen atoms in total. The summed E-state index contributed by atoms with van der Waals surface area (Å²) in [4.78, 5) is 41.5. The van der Waals surface area contributed by atoms with Gasteiger partial charge in [0.1, 0.15) is 5.56 Å². The Morgan fingerprint density at radius 1 is 1.09 bits per heavy atom. The lowest BCUT2D eigenvalue weighted by Crippen LogP contribution is -2.34. The van der Waals surface area contributed by atoms with Gasteiger partial charge in [0, 0.05) is 29.9 Å². The van der Waals surface area contributed by atoms with E-state index in [1.54, 1.807) is 4.90 Å². The number of para-hydroxylation sites is 1. The van der Waals surface area contributed by atoms with E-state index in [-0.39, 0.29) is 17.3 Å². The minimum Gasteiger partial charge on any atom is -0.325 e. The van der Waals surface area contributed by atoms with Crippen LogP contribution in [-0.4, -0.2) is 23.2 Å². The van der Waals surface area contributed by atoms with Crippen LogP contribution >= 0.6 is 0 Å². The number of aromatic nitrogens is 1. The van der Waals surface area contributed by atoms with Crippen molar-refractivity contribution in [2.24, 2.45) is 0 Å². The van der Waals surface area contributed by atoms with Crippen molar-refractivity contribution in [1.29, 1.82) is 0 Å². The molecular weight excluding hydrogens is 292 g/mol. The Kier molecular flexibility index (Phi) is 3.15. The van der Waals surface area contributed by atoms with Crippen molar-refractivity contribution in [3.63, 3.8) is 0 Å². The number of amides is 1. The lowest BCUT2D eigenvalue weighted by Gasteiger charge is -2.19. The Bertz CT molecular complexity index is 882. The van der Waals surface area contributed by atoms with Gasteiger partial charge in [-0.2, -0.15) is 0 Å². The maximum Gasteiger partial charge on any atom is 0.263 e. The second-order valence-electron chi connectivity index (χ2n) is 6.02. The summed E-state index contributed by atoms with van der Waals surface area (Å²) in [5.41, 5.74) is 2.74. The molecule has 0 saturated heterocycles. The number of Topliss-reactive ketones (excluding diaryl/α,β-unsaturated/α-hetero) is 1. The smallest absolute Gasteiger partial charge is 0.263 e. The molecule has 23 heavy (non-hydrogen) atoms. The second kappa shape index (κ2) is 5.19. The van der Waals surface area contributed by atoms with Gasteiger partial charge in [0.15, 0.2) is 5.78 Å². The zero-order chi connectivity index (χ0) is 16.0. The number of carbonyl (C=O) groups is 2. The number of aryl methyl sites for hydroxylation is 1. The molecule has 0 unspecified atom stereocenters. The molecule has 2 heterocycles.